The van der Waals surface area contributed by atoms with Crippen LogP contribution in [0.25, 0.3) is 0 Å². The Hall–Kier alpha value is -1.15. The number of rotatable bonds is 5. The van der Waals surface area contributed by atoms with Crippen molar-refractivity contribution in [3.63, 3.8) is 0 Å². The average Bonchev–Trinajstić information content (AvgIpc) is 3.04. The predicted octanol–water partition coefficient (Wildman–Crippen LogP) is 0.564. The molecule has 0 aromatic rings. The Kier molecular flexibility index (Phi) is 6.25. The Labute approximate surface area is 144 Å². The number of hydrogen-bond acceptors (Lipinski definition) is 4. The summed E-state index contributed by atoms with van der Waals surface area (Å²) in [5.74, 6) is 0.0299. The maximum absolute atomic E-state index is 12.9. The number of carbonyl (C=O) groups excluding carboxylic acids is 2. The third-order valence-corrected chi connectivity index (χ3v) is 6.65. The zero-order valence-corrected chi connectivity index (χ0v) is 15.6. The van der Waals surface area contributed by atoms with Gasteiger partial charge < -0.3 is 10.2 Å². The largest absolute Gasteiger partial charge is 0.344 e. The van der Waals surface area contributed by atoms with Crippen molar-refractivity contribution in [2.75, 3.05) is 26.4 Å². The molecular weight excluding hydrogens is 330 g/mol. The first-order valence-electron chi connectivity index (χ1n) is 8.69. The number of nitrogens with one attached hydrogen (secondary N) is 1. The topological polar surface area (TPSA) is 86.8 Å². The Bertz CT molecular complexity index is 564. The molecule has 1 aliphatic carbocycles. The van der Waals surface area contributed by atoms with Crippen LogP contribution in [0.4, 0.5) is 0 Å². The molecule has 7 nitrogen and oxygen atoms in total. The molecular formula is C16H29N3O4S. The molecule has 2 rings (SSSR count). The smallest absolute Gasteiger partial charge is 0.245 e. The zero-order valence-electron chi connectivity index (χ0n) is 14.8. The third kappa shape index (κ3) is 4.69. The minimum atomic E-state index is -3.21. The molecule has 2 aliphatic rings. The SMILES string of the molecule is CC(=O)NC(C(=O)N1CCC(N(C)S(C)(=O)=O)CC1)C1CCCC1. The molecule has 2 fully saturated rings. The fourth-order valence-electron chi connectivity index (χ4n) is 3.81. The molecule has 1 unspecified atom stereocenters. The van der Waals surface area contributed by atoms with E-state index < -0.39 is 16.1 Å². The van der Waals surface area contributed by atoms with E-state index in [0.717, 1.165) is 25.7 Å². The lowest BCUT2D eigenvalue weighted by atomic mass is 9.95. The first-order chi connectivity index (χ1) is 11.2. The van der Waals surface area contributed by atoms with E-state index >= 15 is 0 Å². The molecule has 1 atom stereocenters. The molecule has 24 heavy (non-hydrogen) atoms. The molecule has 2 amide bonds. The van der Waals surface area contributed by atoms with Crippen LogP contribution in [0.5, 0.6) is 0 Å². The fourth-order valence-corrected chi connectivity index (χ4v) is 4.56. The second-order valence-electron chi connectivity index (χ2n) is 7.06. The van der Waals surface area contributed by atoms with Gasteiger partial charge in [0.1, 0.15) is 6.04 Å². The van der Waals surface area contributed by atoms with Gasteiger partial charge in [0.25, 0.3) is 0 Å². The van der Waals surface area contributed by atoms with E-state index in [1.165, 1.54) is 17.5 Å². The lowest BCUT2D eigenvalue weighted by molar-refractivity contribution is -0.138. The number of piperidine rings is 1. The van der Waals surface area contributed by atoms with E-state index in [9.17, 15) is 18.0 Å². The Morgan fingerprint density at radius 1 is 1.12 bits per heavy atom. The number of likely N-dealkylation sites (tertiary alicyclic amines) is 1. The van der Waals surface area contributed by atoms with Crippen LogP contribution in [0, 0.1) is 5.92 Å². The van der Waals surface area contributed by atoms with Crippen molar-refractivity contribution in [1.29, 1.82) is 0 Å². The maximum Gasteiger partial charge on any atom is 0.245 e. The molecule has 0 spiro atoms. The second-order valence-corrected chi connectivity index (χ2v) is 9.10. The van der Waals surface area contributed by atoms with Gasteiger partial charge in [-0.1, -0.05) is 12.8 Å². The molecule has 0 aromatic heterocycles. The quantitative estimate of drug-likeness (QED) is 0.777. The normalized spacial score (nSPS) is 21.9. The maximum atomic E-state index is 12.9. The van der Waals surface area contributed by atoms with Gasteiger partial charge in [-0.3, -0.25) is 9.59 Å². The fraction of sp³-hybridized carbons (Fsp3) is 0.875. The summed E-state index contributed by atoms with van der Waals surface area (Å²) in [6.07, 6.45) is 6.63. The summed E-state index contributed by atoms with van der Waals surface area (Å²) < 4.78 is 24.7. The van der Waals surface area contributed by atoms with E-state index in [2.05, 4.69) is 5.32 Å². The molecule has 138 valence electrons. The Morgan fingerprint density at radius 3 is 2.12 bits per heavy atom. The van der Waals surface area contributed by atoms with Gasteiger partial charge in [0.2, 0.25) is 21.8 Å². The van der Waals surface area contributed by atoms with Crippen molar-refractivity contribution in [2.45, 2.75) is 57.5 Å². The molecule has 1 heterocycles. The van der Waals surface area contributed by atoms with Crippen molar-refractivity contribution in [3.8, 4) is 0 Å². The molecule has 0 bridgehead atoms. The average molecular weight is 359 g/mol. The van der Waals surface area contributed by atoms with Crippen LogP contribution in [-0.4, -0.2) is 67.9 Å². The van der Waals surface area contributed by atoms with E-state index in [4.69, 9.17) is 0 Å². The standard InChI is InChI=1S/C16H29N3O4S/c1-12(20)17-15(13-6-4-5-7-13)16(21)19-10-8-14(9-11-19)18(2)24(3,22)23/h13-15H,4-11H2,1-3H3,(H,17,20). The first kappa shape index (κ1) is 19.2. The Balaban J connectivity index is 1.98. The van der Waals surface area contributed by atoms with Crippen molar-refractivity contribution >= 4 is 21.8 Å². The highest BCUT2D eigenvalue weighted by Crippen LogP contribution is 2.29. The van der Waals surface area contributed by atoms with Crippen LogP contribution in [0.2, 0.25) is 0 Å². The van der Waals surface area contributed by atoms with Gasteiger partial charge in [-0.05, 0) is 31.6 Å². The van der Waals surface area contributed by atoms with Gasteiger partial charge in [0.05, 0.1) is 6.26 Å². The number of carbonyl (C=O) groups is 2. The minimum absolute atomic E-state index is 0.0161. The highest BCUT2D eigenvalue weighted by molar-refractivity contribution is 7.88. The molecule has 1 N–H and O–H groups in total. The molecule has 0 aromatic carbocycles. The van der Waals surface area contributed by atoms with Crippen molar-refractivity contribution in [3.05, 3.63) is 0 Å². The summed E-state index contributed by atoms with van der Waals surface area (Å²) in [5.41, 5.74) is 0. The monoisotopic (exact) mass is 359 g/mol. The van der Waals surface area contributed by atoms with Crippen LogP contribution >= 0.6 is 0 Å². The number of hydrogen-bond donors (Lipinski definition) is 1. The van der Waals surface area contributed by atoms with Gasteiger partial charge in [-0.2, -0.15) is 0 Å². The summed E-state index contributed by atoms with van der Waals surface area (Å²) in [4.78, 5) is 26.2. The molecule has 0 radical (unpaired) electrons. The van der Waals surface area contributed by atoms with Gasteiger partial charge in [0.15, 0.2) is 0 Å². The predicted molar refractivity (Wildman–Crippen MR) is 91.8 cm³/mol. The van der Waals surface area contributed by atoms with Crippen LogP contribution in [0.1, 0.15) is 45.4 Å². The van der Waals surface area contributed by atoms with Gasteiger partial charge in [0, 0.05) is 33.1 Å². The first-order valence-corrected chi connectivity index (χ1v) is 10.5. The van der Waals surface area contributed by atoms with Crippen LogP contribution < -0.4 is 5.32 Å². The minimum Gasteiger partial charge on any atom is -0.344 e. The Morgan fingerprint density at radius 2 is 1.67 bits per heavy atom. The summed E-state index contributed by atoms with van der Waals surface area (Å²) in [6.45, 7) is 2.51. The zero-order chi connectivity index (χ0) is 17.9. The molecule has 1 saturated heterocycles. The number of sulfonamides is 1. The second kappa shape index (κ2) is 7.82. The summed E-state index contributed by atoms with van der Waals surface area (Å²) in [6, 6.07) is -0.496. The van der Waals surface area contributed by atoms with E-state index in [1.807, 2.05) is 0 Å². The van der Waals surface area contributed by atoms with E-state index in [0.29, 0.717) is 25.9 Å². The van der Waals surface area contributed by atoms with Gasteiger partial charge in [-0.25, -0.2) is 12.7 Å². The summed E-state index contributed by atoms with van der Waals surface area (Å²) in [7, 11) is -1.62. The van der Waals surface area contributed by atoms with E-state index in [1.54, 1.807) is 11.9 Å². The van der Waals surface area contributed by atoms with Crippen molar-refractivity contribution in [2.24, 2.45) is 5.92 Å². The van der Waals surface area contributed by atoms with E-state index in [-0.39, 0.29) is 23.8 Å². The van der Waals surface area contributed by atoms with Crippen LogP contribution in [0.3, 0.4) is 0 Å². The van der Waals surface area contributed by atoms with Crippen LogP contribution in [0.15, 0.2) is 0 Å². The van der Waals surface area contributed by atoms with Gasteiger partial charge >= 0.3 is 0 Å². The molecule has 8 heteroatoms. The number of nitrogens with zero attached hydrogens (tertiary/aromatic N) is 2. The lowest BCUT2D eigenvalue weighted by Gasteiger charge is -2.38. The lowest BCUT2D eigenvalue weighted by Crippen LogP contribution is -2.55. The molecule has 1 aliphatic heterocycles. The third-order valence-electron chi connectivity index (χ3n) is 5.31. The highest BCUT2D eigenvalue weighted by Gasteiger charge is 2.36. The highest BCUT2D eigenvalue weighted by atomic mass is 32.2. The molecule has 1 saturated carbocycles. The van der Waals surface area contributed by atoms with Crippen LogP contribution in [-0.2, 0) is 19.6 Å². The van der Waals surface area contributed by atoms with Crippen molar-refractivity contribution < 1.29 is 18.0 Å². The van der Waals surface area contributed by atoms with Gasteiger partial charge in [-0.15, -0.1) is 0 Å². The summed E-state index contributed by atoms with van der Waals surface area (Å²) in [5, 5.41) is 2.84. The number of amides is 2. The van der Waals surface area contributed by atoms with Crippen molar-refractivity contribution in [1.82, 2.24) is 14.5 Å². The summed E-state index contributed by atoms with van der Waals surface area (Å²) >= 11 is 0.